The molecule has 0 bridgehead atoms. The number of hydrogen-bond donors (Lipinski definition) is 2. The van der Waals surface area contributed by atoms with Gasteiger partial charge in [0.15, 0.2) is 5.11 Å². The smallest absolute Gasteiger partial charge is 0.187 e. The highest BCUT2D eigenvalue weighted by molar-refractivity contribution is 7.80. The zero-order chi connectivity index (χ0) is 9.23. The maximum absolute atomic E-state index is 4.86. The molecule has 0 aliphatic heterocycles. The van der Waals surface area contributed by atoms with Gasteiger partial charge in [-0.2, -0.15) is 5.10 Å². The van der Waals surface area contributed by atoms with Gasteiger partial charge in [0, 0.05) is 12.8 Å². The lowest BCUT2D eigenvalue weighted by Crippen LogP contribution is -2.31. The predicted octanol–water partition coefficient (Wildman–Crippen LogP) is 1.20. The molecule has 0 aliphatic rings. The van der Waals surface area contributed by atoms with Crippen molar-refractivity contribution in [1.82, 2.24) is 10.7 Å². The molecule has 0 unspecified atom stereocenters. The van der Waals surface area contributed by atoms with Crippen LogP contribution in [0.15, 0.2) is 29.9 Å². The minimum atomic E-state index is 0.496. The van der Waals surface area contributed by atoms with E-state index in [1.807, 2.05) is 19.1 Å². The monoisotopic (exact) mass is 183 g/mol. The standard InChI is InChI=1S/C8H13N3S/c1-3-5-7-10-11-8(12)9-6-4-2/h3-5,7H,2,6H2,1H3,(H2,9,11,12)/b5-3+,10-7+. The maximum atomic E-state index is 4.86. The normalized spacial score (nSPS) is 10.4. The third-order valence-corrected chi connectivity index (χ3v) is 1.16. The molecular formula is C8H13N3S. The van der Waals surface area contributed by atoms with Crippen LogP contribution in [0.5, 0.6) is 0 Å². The van der Waals surface area contributed by atoms with E-state index in [0.717, 1.165) is 0 Å². The Kier molecular flexibility index (Phi) is 7.17. The van der Waals surface area contributed by atoms with Gasteiger partial charge in [-0.3, -0.25) is 5.43 Å². The molecule has 0 saturated heterocycles. The van der Waals surface area contributed by atoms with Crippen LogP contribution in [0.4, 0.5) is 0 Å². The van der Waals surface area contributed by atoms with E-state index >= 15 is 0 Å². The van der Waals surface area contributed by atoms with Gasteiger partial charge in [0.2, 0.25) is 0 Å². The van der Waals surface area contributed by atoms with Crippen LogP contribution in [0.25, 0.3) is 0 Å². The third-order valence-electron chi connectivity index (χ3n) is 0.926. The van der Waals surface area contributed by atoms with Crippen LogP contribution < -0.4 is 10.7 Å². The van der Waals surface area contributed by atoms with Gasteiger partial charge < -0.3 is 5.32 Å². The first kappa shape index (κ1) is 10.8. The summed E-state index contributed by atoms with van der Waals surface area (Å²) in [6.07, 6.45) is 7.04. The van der Waals surface area contributed by atoms with E-state index in [1.54, 1.807) is 12.3 Å². The highest BCUT2D eigenvalue weighted by Gasteiger charge is 1.86. The van der Waals surface area contributed by atoms with Gasteiger partial charge in [-0.25, -0.2) is 0 Å². The largest absolute Gasteiger partial charge is 0.358 e. The third kappa shape index (κ3) is 6.95. The number of nitrogens with one attached hydrogen (secondary N) is 2. The number of thiocarbonyl (C=S) groups is 1. The lowest BCUT2D eigenvalue weighted by Gasteiger charge is -2.01. The molecule has 3 nitrogen and oxygen atoms in total. The molecule has 0 spiro atoms. The minimum Gasteiger partial charge on any atom is -0.358 e. The van der Waals surface area contributed by atoms with Crippen molar-refractivity contribution in [1.29, 1.82) is 0 Å². The van der Waals surface area contributed by atoms with Crippen LogP contribution in [0.2, 0.25) is 0 Å². The van der Waals surface area contributed by atoms with E-state index in [1.165, 1.54) is 0 Å². The summed E-state index contributed by atoms with van der Waals surface area (Å²) in [6, 6.07) is 0. The molecule has 0 fully saturated rings. The summed E-state index contributed by atoms with van der Waals surface area (Å²) in [5.74, 6) is 0. The quantitative estimate of drug-likeness (QED) is 0.297. The number of hydrazone groups is 1. The van der Waals surface area contributed by atoms with Crippen molar-refractivity contribution in [3.8, 4) is 0 Å². The lowest BCUT2D eigenvalue weighted by molar-refractivity contribution is 0.942. The lowest BCUT2D eigenvalue weighted by atomic mass is 10.6. The summed E-state index contributed by atoms with van der Waals surface area (Å²) in [5, 5.41) is 7.18. The average molecular weight is 183 g/mol. The van der Waals surface area contributed by atoms with Crippen LogP contribution in [-0.2, 0) is 0 Å². The molecule has 0 rings (SSSR count). The highest BCUT2D eigenvalue weighted by atomic mass is 32.1. The molecule has 0 aromatic carbocycles. The van der Waals surface area contributed by atoms with Crippen molar-refractivity contribution in [2.24, 2.45) is 5.10 Å². The summed E-state index contributed by atoms with van der Waals surface area (Å²) in [7, 11) is 0. The Morgan fingerprint density at radius 3 is 3.00 bits per heavy atom. The highest BCUT2D eigenvalue weighted by Crippen LogP contribution is 1.68. The Balaban J connectivity index is 3.49. The van der Waals surface area contributed by atoms with Gasteiger partial charge in [-0.15, -0.1) is 6.58 Å². The summed E-state index contributed by atoms with van der Waals surface area (Å²) in [4.78, 5) is 0. The number of allylic oxidation sites excluding steroid dienone is 2. The van der Waals surface area contributed by atoms with Crippen molar-refractivity contribution in [2.75, 3.05) is 6.54 Å². The molecule has 0 atom stereocenters. The molecule has 12 heavy (non-hydrogen) atoms. The van der Waals surface area contributed by atoms with E-state index in [-0.39, 0.29) is 0 Å². The van der Waals surface area contributed by atoms with E-state index < -0.39 is 0 Å². The van der Waals surface area contributed by atoms with Gasteiger partial charge in [-0.05, 0) is 25.2 Å². The molecule has 0 aliphatic carbocycles. The van der Waals surface area contributed by atoms with Crippen LogP contribution in [0.1, 0.15) is 6.92 Å². The van der Waals surface area contributed by atoms with Gasteiger partial charge >= 0.3 is 0 Å². The van der Waals surface area contributed by atoms with Crippen molar-refractivity contribution < 1.29 is 0 Å². The van der Waals surface area contributed by atoms with Crippen molar-refractivity contribution >= 4 is 23.5 Å². The Morgan fingerprint density at radius 2 is 2.42 bits per heavy atom. The van der Waals surface area contributed by atoms with Crippen molar-refractivity contribution in [3.05, 3.63) is 24.8 Å². The fraction of sp³-hybridized carbons (Fsp3) is 0.250. The molecule has 0 aromatic heterocycles. The first-order chi connectivity index (χ1) is 5.81. The fourth-order valence-corrected chi connectivity index (χ4v) is 0.565. The molecule has 0 aromatic rings. The zero-order valence-corrected chi connectivity index (χ0v) is 7.90. The van der Waals surface area contributed by atoms with Gasteiger partial charge in [0.05, 0.1) is 0 Å². The summed E-state index contributed by atoms with van der Waals surface area (Å²) in [5.41, 5.74) is 2.64. The van der Waals surface area contributed by atoms with Crippen LogP contribution in [-0.4, -0.2) is 17.9 Å². The second-order valence-corrected chi connectivity index (χ2v) is 2.32. The second kappa shape index (κ2) is 7.94. The number of rotatable bonds is 4. The predicted molar refractivity (Wildman–Crippen MR) is 57.2 cm³/mol. The average Bonchev–Trinajstić information content (AvgIpc) is 2.09. The SMILES string of the molecule is C=CCNC(=S)N/N=C/C=C/C. The topological polar surface area (TPSA) is 36.4 Å². The number of hydrogen-bond acceptors (Lipinski definition) is 2. The van der Waals surface area contributed by atoms with Crippen molar-refractivity contribution in [3.63, 3.8) is 0 Å². The summed E-state index contributed by atoms with van der Waals surface area (Å²) >= 11 is 4.86. The molecule has 0 radical (unpaired) electrons. The van der Waals surface area contributed by atoms with E-state index in [2.05, 4.69) is 22.4 Å². The van der Waals surface area contributed by atoms with Crippen molar-refractivity contribution in [2.45, 2.75) is 6.92 Å². The maximum Gasteiger partial charge on any atom is 0.187 e. The van der Waals surface area contributed by atoms with E-state index in [4.69, 9.17) is 12.2 Å². The Morgan fingerprint density at radius 1 is 1.67 bits per heavy atom. The molecule has 0 saturated carbocycles. The van der Waals surface area contributed by atoms with Crippen LogP contribution >= 0.6 is 12.2 Å². The Bertz CT molecular complexity index is 196. The Hall–Kier alpha value is -1.16. The summed E-state index contributed by atoms with van der Waals surface area (Å²) in [6.45, 7) is 6.10. The molecule has 4 heteroatoms. The van der Waals surface area contributed by atoms with Crippen LogP contribution in [0.3, 0.4) is 0 Å². The van der Waals surface area contributed by atoms with Gasteiger partial charge in [0.25, 0.3) is 0 Å². The minimum absolute atomic E-state index is 0.496. The van der Waals surface area contributed by atoms with Gasteiger partial charge in [-0.1, -0.05) is 12.2 Å². The van der Waals surface area contributed by atoms with E-state index in [0.29, 0.717) is 11.7 Å². The first-order valence-corrected chi connectivity index (χ1v) is 4.01. The Labute approximate surface area is 78.2 Å². The number of nitrogens with zero attached hydrogens (tertiary/aromatic N) is 1. The second-order valence-electron chi connectivity index (χ2n) is 1.91. The zero-order valence-electron chi connectivity index (χ0n) is 7.08. The van der Waals surface area contributed by atoms with E-state index in [9.17, 15) is 0 Å². The van der Waals surface area contributed by atoms with Crippen LogP contribution in [0, 0.1) is 0 Å². The molecule has 2 N–H and O–H groups in total. The molecule has 0 heterocycles. The van der Waals surface area contributed by atoms with Gasteiger partial charge in [0.1, 0.15) is 0 Å². The molecular weight excluding hydrogens is 170 g/mol. The first-order valence-electron chi connectivity index (χ1n) is 3.60. The fourth-order valence-electron chi connectivity index (χ4n) is 0.429. The summed E-state index contributed by atoms with van der Waals surface area (Å²) < 4.78 is 0. The molecule has 0 amide bonds. The molecule has 66 valence electrons.